The highest BCUT2D eigenvalue weighted by Gasteiger charge is 1.85. The van der Waals surface area contributed by atoms with E-state index in [2.05, 4.69) is 0 Å². The molecule has 0 radical (unpaired) electrons. The van der Waals surface area contributed by atoms with Crippen molar-refractivity contribution in [2.75, 3.05) is 6.61 Å². The van der Waals surface area contributed by atoms with Crippen LogP contribution >= 0.6 is 0 Å². The van der Waals surface area contributed by atoms with Gasteiger partial charge in [0, 0.05) is 0 Å². The van der Waals surface area contributed by atoms with E-state index in [0.29, 0.717) is 6.42 Å². The van der Waals surface area contributed by atoms with Crippen LogP contribution in [0.25, 0.3) is 0 Å². The van der Waals surface area contributed by atoms with Crippen LogP contribution in [0.5, 0.6) is 0 Å². The van der Waals surface area contributed by atoms with Gasteiger partial charge in [-0.2, -0.15) is 0 Å². The summed E-state index contributed by atoms with van der Waals surface area (Å²) in [5, 5.41) is 8.12. The maximum atomic E-state index is 11.9. The van der Waals surface area contributed by atoms with Gasteiger partial charge in [-0.15, -0.1) is 0 Å². The summed E-state index contributed by atoms with van der Waals surface area (Å²) in [7, 11) is 0. The molecule has 0 atom stereocenters. The van der Waals surface area contributed by atoms with Gasteiger partial charge in [0.05, 0.1) is 6.61 Å². The molecule has 0 heterocycles. The van der Waals surface area contributed by atoms with Gasteiger partial charge < -0.3 is 5.11 Å². The lowest BCUT2D eigenvalue weighted by molar-refractivity contribution is 0.297. The number of unbranched alkanes of at least 4 members (excludes halogenated alkanes) is 1. The molecule has 1 nitrogen and oxygen atoms in total. The van der Waals surface area contributed by atoms with Crippen LogP contribution in [0.15, 0.2) is 11.9 Å². The number of rotatable bonds is 3. The van der Waals surface area contributed by atoms with Gasteiger partial charge in [0.15, 0.2) is 0 Å². The fraction of sp³-hybridized carbons (Fsp3) is 0.667. The molecular formula is C6H11FO. The highest BCUT2D eigenvalue weighted by Crippen LogP contribution is 1.97. The van der Waals surface area contributed by atoms with E-state index in [9.17, 15) is 4.39 Å². The zero-order valence-electron chi connectivity index (χ0n) is 5.02. The van der Waals surface area contributed by atoms with Gasteiger partial charge in [-0.1, -0.05) is 19.4 Å². The van der Waals surface area contributed by atoms with Crippen LogP contribution in [-0.2, 0) is 0 Å². The van der Waals surface area contributed by atoms with Crippen LogP contribution in [0.2, 0.25) is 0 Å². The van der Waals surface area contributed by atoms with Crippen molar-refractivity contribution in [2.45, 2.75) is 19.8 Å². The Labute approximate surface area is 48.8 Å². The highest BCUT2D eigenvalue weighted by atomic mass is 19.1. The monoisotopic (exact) mass is 118 g/mol. The lowest BCUT2D eigenvalue weighted by Crippen LogP contribution is -1.80. The first-order valence-electron chi connectivity index (χ1n) is 2.76. The van der Waals surface area contributed by atoms with Crippen molar-refractivity contribution >= 4 is 0 Å². The maximum Gasteiger partial charge on any atom is 0.121 e. The van der Waals surface area contributed by atoms with Crippen LogP contribution < -0.4 is 0 Å². The van der Waals surface area contributed by atoms with Crippen molar-refractivity contribution in [1.29, 1.82) is 0 Å². The Hall–Kier alpha value is -0.370. The van der Waals surface area contributed by atoms with Crippen molar-refractivity contribution in [3.63, 3.8) is 0 Å². The average molecular weight is 118 g/mol. The predicted octanol–water partition coefficient (Wildman–Crippen LogP) is 1.63. The van der Waals surface area contributed by atoms with Crippen LogP contribution in [0, 0.1) is 0 Å². The summed E-state index contributed by atoms with van der Waals surface area (Å²) in [5.41, 5.74) is 0. The molecule has 0 aliphatic heterocycles. The third-order valence-corrected chi connectivity index (χ3v) is 0.806. The fourth-order valence-corrected chi connectivity index (χ4v) is 0.366. The van der Waals surface area contributed by atoms with Gasteiger partial charge in [-0.25, -0.2) is 4.39 Å². The highest BCUT2D eigenvalue weighted by molar-refractivity contribution is 4.90. The summed E-state index contributed by atoms with van der Waals surface area (Å²) < 4.78 is 11.9. The van der Waals surface area contributed by atoms with Gasteiger partial charge in [0.1, 0.15) is 5.83 Å². The molecule has 8 heavy (non-hydrogen) atoms. The van der Waals surface area contributed by atoms with Crippen LogP contribution in [0.3, 0.4) is 0 Å². The standard InChI is InChI=1S/C6H11FO/c1-2-3-4-6(7)5-8/h4,8H,2-3,5H2,1H3/b6-4+. The number of halogens is 1. The quantitative estimate of drug-likeness (QED) is 0.597. The minimum atomic E-state index is -0.458. The Balaban J connectivity index is 3.26. The van der Waals surface area contributed by atoms with E-state index < -0.39 is 12.4 Å². The fourth-order valence-electron chi connectivity index (χ4n) is 0.366. The van der Waals surface area contributed by atoms with Crippen molar-refractivity contribution in [3.05, 3.63) is 11.9 Å². The zero-order valence-corrected chi connectivity index (χ0v) is 5.02. The van der Waals surface area contributed by atoms with Crippen LogP contribution in [0.1, 0.15) is 19.8 Å². The molecule has 0 amide bonds. The van der Waals surface area contributed by atoms with E-state index in [1.807, 2.05) is 6.92 Å². The minimum Gasteiger partial charge on any atom is -0.389 e. The SMILES string of the molecule is CCC/C=C(/F)CO. The van der Waals surface area contributed by atoms with Gasteiger partial charge in [-0.05, 0) is 6.42 Å². The lowest BCUT2D eigenvalue weighted by Gasteiger charge is -1.86. The molecule has 48 valence electrons. The maximum absolute atomic E-state index is 11.9. The molecule has 0 rings (SSSR count). The molecule has 0 aromatic carbocycles. The largest absolute Gasteiger partial charge is 0.389 e. The van der Waals surface area contributed by atoms with E-state index in [-0.39, 0.29) is 0 Å². The first-order valence-corrected chi connectivity index (χ1v) is 2.76. The number of aliphatic hydroxyl groups is 1. The number of hydrogen-bond donors (Lipinski definition) is 1. The summed E-state index contributed by atoms with van der Waals surface area (Å²) >= 11 is 0. The Morgan fingerprint density at radius 1 is 1.75 bits per heavy atom. The second-order valence-corrected chi connectivity index (χ2v) is 1.60. The Morgan fingerprint density at radius 2 is 2.38 bits per heavy atom. The van der Waals surface area contributed by atoms with Gasteiger partial charge in [-0.3, -0.25) is 0 Å². The normalized spacial score (nSPS) is 12.1. The molecule has 1 N–H and O–H groups in total. The Morgan fingerprint density at radius 3 is 2.75 bits per heavy atom. The molecule has 0 aliphatic carbocycles. The van der Waals surface area contributed by atoms with Gasteiger partial charge in [0.2, 0.25) is 0 Å². The van der Waals surface area contributed by atoms with E-state index in [1.54, 1.807) is 0 Å². The summed E-state index contributed by atoms with van der Waals surface area (Å²) in [6.45, 7) is 1.50. The Bertz CT molecular complexity index is 78.6. The summed E-state index contributed by atoms with van der Waals surface area (Å²) in [6.07, 6.45) is 3.04. The minimum absolute atomic E-state index is 0.424. The number of hydrogen-bond acceptors (Lipinski definition) is 1. The molecule has 0 bridgehead atoms. The van der Waals surface area contributed by atoms with E-state index >= 15 is 0 Å². The molecule has 0 aliphatic rings. The van der Waals surface area contributed by atoms with Crippen molar-refractivity contribution in [1.82, 2.24) is 0 Å². The predicted molar refractivity (Wildman–Crippen MR) is 31.2 cm³/mol. The smallest absolute Gasteiger partial charge is 0.121 e. The van der Waals surface area contributed by atoms with E-state index in [0.717, 1.165) is 6.42 Å². The van der Waals surface area contributed by atoms with Crippen molar-refractivity contribution < 1.29 is 9.50 Å². The molecule has 2 heteroatoms. The third kappa shape index (κ3) is 3.81. The first-order chi connectivity index (χ1) is 3.81. The molecule has 0 saturated heterocycles. The first kappa shape index (κ1) is 7.63. The average Bonchev–Trinajstić information content (AvgIpc) is 1.83. The molecule has 0 aromatic rings. The summed E-state index contributed by atoms with van der Waals surface area (Å²) in [5.74, 6) is -0.424. The second kappa shape index (κ2) is 4.78. The third-order valence-electron chi connectivity index (χ3n) is 0.806. The Kier molecular flexibility index (Phi) is 4.56. The lowest BCUT2D eigenvalue weighted by atomic mass is 10.3. The second-order valence-electron chi connectivity index (χ2n) is 1.60. The summed E-state index contributed by atoms with van der Waals surface area (Å²) in [6, 6.07) is 0. The van der Waals surface area contributed by atoms with Crippen molar-refractivity contribution in [3.8, 4) is 0 Å². The number of allylic oxidation sites excluding steroid dienone is 1. The molecule has 0 fully saturated rings. The molecule has 0 spiro atoms. The van der Waals surface area contributed by atoms with Gasteiger partial charge >= 0.3 is 0 Å². The zero-order chi connectivity index (χ0) is 6.41. The van der Waals surface area contributed by atoms with Crippen LogP contribution in [-0.4, -0.2) is 11.7 Å². The molecular weight excluding hydrogens is 107 g/mol. The van der Waals surface area contributed by atoms with Crippen molar-refractivity contribution in [2.24, 2.45) is 0 Å². The molecule has 0 unspecified atom stereocenters. The topological polar surface area (TPSA) is 20.2 Å². The number of aliphatic hydroxyl groups excluding tert-OH is 1. The molecule has 0 aromatic heterocycles. The van der Waals surface area contributed by atoms with Gasteiger partial charge in [0.25, 0.3) is 0 Å². The van der Waals surface area contributed by atoms with E-state index in [1.165, 1.54) is 6.08 Å². The van der Waals surface area contributed by atoms with Crippen LogP contribution in [0.4, 0.5) is 4.39 Å². The molecule has 0 saturated carbocycles. The van der Waals surface area contributed by atoms with E-state index in [4.69, 9.17) is 5.11 Å². The summed E-state index contributed by atoms with van der Waals surface area (Å²) in [4.78, 5) is 0.